The van der Waals surface area contributed by atoms with Gasteiger partial charge in [-0.15, -0.1) is 6.58 Å². The molecule has 0 aromatic carbocycles. The zero-order chi connectivity index (χ0) is 75.0. The number of ketones is 1. The number of ether oxygens (including phenoxy) is 1. The van der Waals surface area contributed by atoms with Crippen LogP contribution in [0.1, 0.15) is 225 Å². The molecule has 1 fully saturated rings. The molecule has 0 aromatic heterocycles. The molecule has 0 bridgehead atoms. The topological polar surface area (TPSA) is 306 Å². The molecule has 96 heavy (non-hydrogen) atoms. The largest absolute Gasteiger partial charge is 0.481 e. The summed E-state index contributed by atoms with van der Waals surface area (Å²) in [5.74, 6) is 3.09. The van der Waals surface area contributed by atoms with Gasteiger partial charge in [0.05, 0.1) is 43.9 Å². The minimum absolute atomic E-state index is 0. The van der Waals surface area contributed by atoms with Gasteiger partial charge in [-0.3, -0.25) is 43.2 Å². The van der Waals surface area contributed by atoms with Crippen molar-refractivity contribution >= 4 is 53.1 Å². The number of carboxylic acid groups (broad SMARTS) is 1. The van der Waals surface area contributed by atoms with Gasteiger partial charge in [-0.05, 0) is 106 Å². The molecule has 1 heterocycles. The number of carbonyl (C=O) groups excluding carboxylic acids is 8. The van der Waals surface area contributed by atoms with Crippen molar-refractivity contribution in [3.05, 3.63) is 12.7 Å². The monoisotopic (exact) mass is 1370 g/mol. The van der Waals surface area contributed by atoms with Gasteiger partial charge in [0.15, 0.2) is 5.78 Å². The van der Waals surface area contributed by atoms with E-state index in [4.69, 9.17) is 9.84 Å². The van der Waals surface area contributed by atoms with Gasteiger partial charge in [-0.25, -0.2) is 0 Å². The number of carboxylic acids is 1. The molecule has 1 aliphatic rings. The predicted molar refractivity (Wildman–Crippen MR) is 395 cm³/mol. The molecule has 11 atom stereocenters. The van der Waals surface area contributed by atoms with E-state index in [2.05, 4.69) is 135 Å². The lowest BCUT2D eigenvalue weighted by molar-refractivity contribution is -0.141. The predicted octanol–water partition coefficient (Wildman–Crippen LogP) is 10.7. The first-order valence-corrected chi connectivity index (χ1v) is 35.6. The Kier molecular flexibility index (Phi) is 62.6. The average molecular weight is 1370 g/mol. The number of nitrogens with one attached hydrogen (secondary N) is 6. The van der Waals surface area contributed by atoms with Crippen LogP contribution in [0, 0.1) is 94.7 Å². The van der Waals surface area contributed by atoms with Crippen molar-refractivity contribution < 1.29 is 63.2 Å². The number of amides is 7. The second kappa shape index (κ2) is 58.9. The summed E-state index contributed by atoms with van der Waals surface area (Å²) in [6.45, 7) is 55.4. The van der Waals surface area contributed by atoms with Crippen LogP contribution in [0.5, 0.6) is 0 Å². The maximum absolute atomic E-state index is 12.2. The Bertz CT molecular complexity index is 2100. The fraction of sp³-hybridized carbons (Fsp3) is 0.853. The molecule has 0 spiro atoms. The molecule has 1 saturated heterocycles. The van der Waals surface area contributed by atoms with Gasteiger partial charge in [0, 0.05) is 94.8 Å². The van der Waals surface area contributed by atoms with E-state index < -0.39 is 18.2 Å². The van der Waals surface area contributed by atoms with E-state index in [1.54, 1.807) is 39.0 Å². The number of hydrogen-bond donors (Lipinski definition) is 9. The maximum Gasteiger partial charge on any atom is 0.306 e. The van der Waals surface area contributed by atoms with Crippen LogP contribution >= 0.6 is 0 Å². The van der Waals surface area contributed by atoms with Gasteiger partial charge in [0.2, 0.25) is 41.4 Å². The Morgan fingerprint density at radius 1 is 0.438 bits per heavy atom. The van der Waals surface area contributed by atoms with Crippen molar-refractivity contribution in [2.24, 2.45) is 94.7 Å². The van der Waals surface area contributed by atoms with Gasteiger partial charge < -0.3 is 61.8 Å². The smallest absolute Gasteiger partial charge is 0.306 e. The molecular weight excluding hydrogens is 1220 g/mol. The van der Waals surface area contributed by atoms with E-state index in [1.165, 1.54) is 4.90 Å². The average Bonchev–Trinajstić information content (AvgIpc) is 1.65. The lowest BCUT2D eigenvalue weighted by atomic mass is 9.97. The first-order valence-electron chi connectivity index (χ1n) is 35.6. The zero-order valence-corrected chi connectivity index (χ0v) is 65.1. The van der Waals surface area contributed by atoms with Crippen molar-refractivity contribution in [3.8, 4) is 0 Å². The summed E-state index contributed by atoms with van der Waals surface area (Å²) in [5.41, 5.74) is 0. The van der Waals surface area contributed by atoms with E-state index in [0.29, 0.717) is 73.5 Å². The summed E-state index contributed by atoms with van der Waals surface area (Å²) in [7, 11) is 5.11. The van der Waals surface area contributed by atoms with Crippen LogP contribution in [0.25, 0.3) is 0 Å². The van der Waals surface area contributed by atoms with Crippen molar-refractivity contribution in [2.45, 2.75) is 243 Å². The molecule has 0 saturated carbocycles. The van der Waals surface area contributed by atoms with Crippen molar-refractivity contribution in [1.29, 1.82) is 0 Å². The molecule has 568 valence electrons. The van der Waals surface area contributed by atoms with Crippen molar-refractivity contribution in [2.75, 3.05) is 80.1 Å². The second-order valence-electron chi connectivity index (χ2n) is 30.3. The molecule has 0 aliphatic carbocycles. The summed E-state index contributed by atoms with van der Waals surface area (Å²) in [4.78, 5) is 108. The van der Waals surface area contributed by atoms with Crippen LogP contribution in [0.4, 0.5) is 0 Å². The first-order chi connectivity index (χ1) is 43.8. The third-order valence-electron chi connectivity index (χ3n) is 15.0. The van der Waals surface area contributed by atoms with Gasteiger partial charge in [-0.1, -0.05) is 180 Å². The highest BCUT2D eigenvalue weighted by Crippen LogP contribution is 2.18. The summed E-state index contributed by atoms with van der Waals surface area (Å²) in [6, 6.07) is 0. The number of epoxide rings is 1. The number of aliphatic hydroxyl groups excluding tert-OH is 2. The molecule has 9 N–H and O–H groups in total. The van der Waals surface area contributed by atoms with Crippen LogP contribution in [0.2, 0.25) is 0 Å². The second-order valence-corrected chi connectivity index (χ2v) is 30.3. The van der Waals surface area contributed by atoms with Crippen LogP contribution in [0.15, 0.2) is 12.7 Å². The molecule has 0 aromatic rings. The Hall–Kier alpha value is -4.99. The first kappa shape index (κ1) is 102. The number of rotatable bonds is 40. The highest BCUT2D eigenvalue weighted by Gasteiger charge is 2.26. The summed E-state index contributed by atoms with van der Waals surface area (Å²) >= 11 is 0. The molecule has 1 rings (SSSR count). The Morgan fingerprint density at radius 3 is 1.03 bits per heavy atom. The lowest BCUT2D eigenvalue weighted by Crippen LogP contribution is -2.43. The zero-order valence-electron chi connectivity index (χ0n) is 65.1. The molecule has 21 heteroatoms. The van der Waals surface area contributed by atoms with E-state index >= 15 is 0 Å². The molecule has 21 nitrogen and oxygen atoms in total. The number of carbonyl (C=O) groups is 9. The quantitative estimate of drug-likeness (QED) is 0.0204. The third kappa shape index (κ3) is 62.5. The van der Waals surface area contributed by atoms with E-state index in [0.717, 1.165) is 58.0 Å². The summed E-state index contributed by atoms with van der Waals surface area (Å²) in [5, 5.41) is 44.5. The van der Waals surface area contributed by atoms with Crippen LogP contribution < -0.4 is 31.9 Å². The number of aliphatic hydroxyl groups is 2. The van der Waals surface area contributed by atoms with E-state index in [1.807, 2.05) is 62.3 Å². The van der Waals surface area contributed by atoms with E-state index in [-0.39, 0.29) is 134 Å². The number of likely N-dealkylation sites (N-methyl/N-ethyl adjacent to an activating group) is 3. The Labute approximate surface area is 586 Å². The summed E-state index contributed by atoms with van der Waals surface area (Å²) in [6.07, 6.45) is 7.55. The van der Waals surface area contributed by atoms with Crippen LogP contribution in [-0.2, 0) is 47.9 Å². The highest BCUT2D eigenvalue weighted by atomic mass is 16.6. The number of Topliss-reactive ketones (excluding diaryl/α,β-unsaturated/α-hetero) is 1. The highest BCUT2D eigenvalue weighted by molar-refractivity contribution is 5.91. The SMILES string of the molecule is C.C=CCNC(=O)[C@@H](C)CC(C)C.CC(C)C[C@H](C)C(=O)NCC(=O)CN(C)C(=O)[C@@H](C)CC(C)C.CC(C)C[C@H](C)C(=O)NCC(O)CN(C)C(=O)[C@@H](C)CC(C)C.CC(C)C[C@H](C)C(=O)NCC1CO1.CC(C)C[C@H](C)C(=O)O.CNCC(O)CNC(=O)[C@@H](C)CC(C)C. The van der Waals surface area contributed by atoms with E-state index in [9.17, 15) is 53.4 Å². The van der Waals surface area contributed by atoms with Crippen LogP contribution in [0.3, 0.4) is 0 Å². The Morgan fingerprint density at radius 2 is 0.729 bits per heavy atom. The molecule has 7 amide bonds. The van der Waals surface area contributed by atoms with Crippen LogP contribution in [-0.4, -0.2) is 177 Å². The fourth-order valence-corrected chi connectivity index (χ4v) is 10.5. The minimum Gasteiger partial charge on any atom is -0.481 e. The summed E-state index contributed by atoms with van der Waals surface area (Å²) < 4.78 is 5.01. The third-order valence-corrected chi connectivity index (χ3v) is 15.0. The fourth-order valence-electron chi connectivity index (χ4n) is 10.5. The molecular formula is C75H150N8O13. The molecule has 3 unspecified atom stereocenters. The van der Waals surface area contributed by atoms with Gasteiger partial charge in [0.25, 0.3) is 0 Å². The van der Waals surface area contributed by atoms with Gasteiger partial charge in [0.1, 0.15) is 0 Å². The maximum atomic E-state index is 12.2. The molecule has 1 aliphatic heterocycles. The minimum atomic E-state index is -0.745. The number of aliphatic carboxylic acids is 1. The number of hydrogen-bond acceptors (Lipinski definition) is 13. The normalized spacial score (nSPS) is 15.3. The molecule has 0 radical (unpaired) electrons. The lowest BCUT2D eigenvalue weighted by Gasteiger charge is -2.25. The van der Waals surface area contributed by atoms with Gasteiger partial charge >= 0.3 is 5.97 Å². The number of nitrogens with zero attached hydrogens (tertiary/aromatic N) is 2. The Balaban J connectivity index is -0.000000260. The van der Waals surface area contributed by atoms with Gasteiger partial charge in [-0.2, -0.15) is 0 Å². The standard InChI is InChI=1S/C18H36N2O3.C18H34N2O3.C11H24N2O2.C10H19NO2.C10H19NO.C7H14O2.CH4/c2*1-12(2)8-14(5)17(22)19-10-16(21)11-20(7)18(23)15(6)9-13(3)4;1-8(2)5-9(3)11(15)13-7-10(14)6-12-4;1-7(2)4-8(3)10(12)11-5-9-6-13-9;1-5-6-11-10(12)9(4)7-8(2)3;1-5(2)4-6(3)7(8)9;/h12-16,21H,8-11H2,1-7H3,(H,19,22);12-15H,8-11H2,1-7H3,(H,19,22);8-10,12,14H,5-7H2,1-4H3,(H,13,15);7-9H,4-6H2,1-3H3,(H,11,12);5,8-9H,1,6-7H2,2-4H3,(H,11,12);5-6H,4H2,1-3H3,(H,8,9);1H4/t14-,15-,16?;14-,15-;9-,10?;8-,9?;9-;6-;/m000000./s1. The van der Waals surface area contributed by atoms with Crippen molar-refractivity contribution in [3.63, 3.8) is 0 Å². The van der Waals surface area contributed by atoms with Crippen molar-refractivity contribution in [1.82, 2.24) is 41.7 Å².